The average molecular weight is 487 g/mol. The van der Waals surface area contributed by atoms with E-state index in [1.807, 2.05) is 11.8 Å². The third-order valence-electron chi connectivity index (χ3n) is 6.05. The molecule has 0 aromatic heterocycles. The van der Waals surface area contributed by atoms with E-state index in [4.69, 9.17) is 11.6 Å². The van der Waals surface area contributed by atoms with Gasteiger partial charge in [0.1, 0.15) is 5.75 Å². The maximum Gasteiger partial charge on any atom is 0.236 e. The molecule has 1 aromatic rings. The summed E-state index contributed by atoms with van der Waals surface area (Å²) in [5.74, 6) is -0.192. The summed E-state index contributed by atoms with van der Waals surface area (Å²) in [6.45, 7) is 14.7. The number of phenolic OH excluding ortho intramolecular Hbond substituents is 1. The molecule has 0 radical (unpaired) electrons. The Bertz CT molecular complexity index is 992. The topological polar surface area (TPSA) is 76.1 Å². The summed E-state index contributed by atoms with van der Waals surface area (Å²) < 4.78 is 0. The van der Waals surface area contributed by atoms with Gasteiger partial charge in [0.25, 0.3) is 0 Å². The van der Waals surface area contributed by atoms with Crippen LogP contribution in [-0.2, 0) is 9.59 Å². The number of hydrogen-bond donors (Lipinski definition) is 2. The Morgan fingerprint density at radius 3 is 2.41 bits per heavy atom. The van der Waals surface area contributed by atoms with Crippen molar-refractivity contribution >= 4 is 29.1 Å². The molecule has 1 atom stereocenters. The maximum atomic E-state index is 12.9. The highest BCUT2D eigenvalue weighted by Crippen LogP contribution is 2.27. The molecule has 0 saturated carbocycles. The van der Waals surface area contributed by atoms with Gasteiger partial charge in [-0.3, -0.25) is 14.5 Å². The van der Waals surface area contributed by atoms with Gasteiger partial charge in [0.05, 0.1) is 17.5 Å². The number of likely N-dealkylation sites (tertiary alicyclic amines) is 1. The van der Waals surface area contributed by atoms with Crippen molar-refractivity contribution in [1.82, 2.24) is 14.7 Å². The molecule has 0 aliphatic carbocycles. The van der Waals surface area contributed by atoms with Crippen molar-refractivity contribution in [1.29, 1.82) is 0 Å². The van der Waals surface area contributed by atoms with E-state index < -0.39 is 0 Å². The first-order valence-corrected chi connectivity index (χ1v) is 12.1. The van der Waals surface area contributed by atoms with Crippen molar-refractivity contribution in [2.45, 2.75) is 27.2 Å². The van der Waals surface area contributed by atoms with Gasteiger partial charge in [0, 0.05) is 44.1 Å². The smallest absolute Gasteiger partial charge is 0.236 e. The van der Waals surface area contributed by atoms with Crippen LogP contribution in [0, 0.1) is 5.92 Å². The Kier molecular flexibility index (Phi) is 8.80. The second-order valence-corrected chi connectivity index (χ2v) is 9.79. The molecule has 2 aliphatic rings. The van der Waals surface area contributed by atoms with Crippen LogP contribution >= 0.6 is 11.6 Å². The summed E-state index contributed by atoms with van der Waals surface area (Å²) in [4.78, 5) is 31.8. The lowest BCUT2D eigenvalue weighted by molar-refractivity contribution is -0.134. The molecule has 0 spiro atoms. The minimum atomic E-state index is -0.184. The van der Waals surface area contributed by atoms with E-state index >= 15 is 0 Å². The molecule has 0 unspecified atom stereocenters. The van der Waals surface area contributed by atoms with Crippen LogP contribution in [0.15, 0.2) is 53.8 Å². The zero-order valence-electron chi connectivity index (χ0n) is 20.3. The number of nitrogens with one attached hydrogen (secondary N) is 1. The van der Waals surface area contributed by atoms with E-state index in [0.29, 0.717) is 44.8 Å². The fraction of sp³-hybridized carbons (Fsp3) is 0.462. The van der Waals surface area contributed by atoms with Crippen LogP contribution in [0.1, 0.15) is 27.2 Å². The number of carbonyl (C=O) groups is 2. The molecular formula is C26H35ClN4O3. The molecule has 2 aliphatic heterocycles. The summed E-state index contributed by atoms with van der Waals surface area (Å²) in [5.41, 5.74) is 3.93. The Labute approximate surface area is 207 Å². The molecular weight excluding hydrogens is 452 g/mol. The fourth-order valence-electron chi connectivity index (χ4n) is 4.30. The van der Waals surface area contributed by atoms with Crippen molar-refractivity contribution in [2.75, 3.05) is 51.1 Å². The number of amides is 2. The number of halogens is 1. The summed E-state index contributed by atoms with van der Waals surface area (Å²) in [6, 6.07) is 4.59. The first kappa shape index (κ1) is 25.8. The molecule has 184 valence electrons. The van der Waals surface area contributed by atoms with Gasteiger partial charge in [0.15, 0.2) is 0 Å². The maximum absolute atomic E-state index is 12.9. The summed E-state index contributed by atoms with van der Waals surface area (Å²) >= 11 is 5.92. The van der Waals surface area contributed by atoms with Crippen molar-refractivity contribution in [3.63, 3.8) is 0 Å². The van der Waals surface area contributed by atoms with E-state index in [2.05, 4.69) is 47.7 Å². The van der Waals surface area contributed by atoms with Crippen LogP contribution in [0.3, 0.4) is 0 Å². The number of phenols is 1. The molecule has 1 aromatic carbocycles. The van der Waals surface area contributed by atoms with Crippen LogP contribution in [0.2, 0.25) is 5.02 Å². The monoisotopic (exact) mass is 486 g/mol. The Hall–Kier alpha value is -2.77. The third kappa shape index (κ3) is 7.11. The van der Waals surface area contributed by atoms with E-state index in [0.717, 1.165) is 24.4 Å². The Morgan fingerprint density at radius 1 is 1.12 bits per heavy atom. The summed E-state index contributed by atoms with van der Waals surface area (Å²) in [6.07, 6.45) is 4.95. The predicted octanol–water partition coefficient (Wildman–Crippen LogP) is 3.88. The van der Waals surface area contributed by atoms with Crippen molar-refractivity contribution in [2.24, 2.45) is 5.92 Å². The molecule has 3 rings (SSSR count). The standard InChI is InChI=1S/C26H35ClN4O3/c1-18(2)13-22(14-19(3)4)30-9-11-31(12-10-30)25(33)17-29-8-7-20(16-29)26(34)28-21-5-6-24(32)23(27)15-21/h5-6,13-15,20,32H,1,7-12,16-17H2,2-4H3,(H,28,34)/b22-13+/t20-/m1/s1. The number of hydrogen-bond acceptors (Lipinski definition) is 5. The number of carbonyl (C=O) groups excluding carboxylic acids is 2. The molecule has 2 amide bonds. The number of aromatic hydroxyl groups is 1. The van der Waals surface area contributed by atoms with E-state index in [-0.39, 0.29) is 28.5 Å². The second-order valence-electron chi connectivity index (χ2n) is 9.38. The van der Waals surface area contributed by atoms with Gasteiger partial charge in [-0.15, -0.1) is 0 Å². The number of nitrogens with zero attached hydrogens (tertiary/aromatic N) is 3. The van der Waals surface area contributed by atoms with Gasteiger partial charge in [-0.05, 0) is 64.1 Å². The van der Waals surface area contributed by atoms with Gasteiger partial charge in [-0.25, -0.2) is 0 Å². The average Bonchev–Trinajstić information content (AvgIpc) is 3.24. The molecule has 2 heterocycles. The number of rotatable bonds is 7. The lowest BCUT2D eigenvalue weighted by atomic mass is 10.1. The molecule has 2 N–H and O–H groups in total. The number of benzene rings is 1. The molecule has 2 saturated heterocycles. The molecule has 8 heteroatoms. The lowest BCUT2D eigenvalue weighted by Crippen LogP contribution is -2.50. The Morgan fingerprint density at radius 2 is 1.79 bits per heavy atom. The number of piperazine rings is 1. The second kappa shape index (κ2) is 11.6. The first-order valence-electron chi connectivity index (χ1n) is 11.7. The largest absolute Gasteiger partial charge is 0.506 e. The van der Waals surface area contributed by atoms with Crippen LogP contribution in [0.25, 0.3) is 0 Å². The molecule has 2 fully saturated rings. The predicted molar refractivity (Wildman–Crippen MR) is 137 cm³/mol. The van der Waals surface area contributed by atoms with Crippen molar-refractivity contribution in [3.8, 4) is 5.75 Å². The van der Waals surface area contributed by atoms with E-state index in [9.17, 15) is 14.7 Å². The van der Waals surface area contributed by atoms with E-state index in [1.165, 1.54) is 17.7 Å². The summed E-state index contributed by atoms with van der Waals surface area (Å²) in [7, 11) is 0. The SMILES string of the molecule is C=C(C)/C=C(\C=C(C)C)N1CCN(C(=O)CN2CC[C@@H](C(=O)Nc3ccc(O)c(Cl)c3)C2)CC1. The number of allylic oxidation sites excluding steroid dienone is 4. The normalized spacial score (nSPS) is 19.2. The van der Waals surface area contributed by atoms with Crippen LogP contribution in [0.4, 0.5) is 5.69 Å². The van der Waals surface area contributed by atoms with Gasteiger partial charge >= 0.3 is 0 Å². The minimum Gasteiger partial charge on any atom is -0.506 e. The quantitative estimate of drug-likeness (QED) is 0.452. The minimum absolute atomic E-state index is 0.0222. The molecule has 7 nitrogen and oxygen atoms in total. The van der Waals surface area contributed by atoms with Crippen LogP contribution < -0.4 is 5.32 Å². The highest BCUT2D eigenvalue weighted by Gasteiger charge is 2.31. The zero-order valence-corrected chi connectivity index (χ0v) is 21.1. The summed E-state index contributed by atoms with van der Waals surface area (Å²) in [5, 5.41) is 12.6. The lowest BCUT2D eigenvalue weighted by Gasteiger charge is -2.37. The van der Waals surface area contributed by atoms with Crippen LogP contribution in [-0.4, -0.2) is 77.4 Å². The van der Waals surface area contributed by atoms with Crippen molar-refractivity contribution < 1.29 is 14.7 Å². The highest BCUT2D eigenvalue weighted by molar-refractivity contribution is 6.32. The van der Waals surface area contributed by atoms with Gasteiger partial charge in [-0.1, -0.05) is 29.3 Å². The Balaban J connectivity index is 1.47. The zero-order chi connectivity index (χ0) is 24.8. The molecule has 0 bridgehead atoms. The van der Waals surface area contributed by atoms with Gasteiger partial charge in [-0.2, -0.15) is 0 Å². The van der Waals surface area contributed by atoms with Crippen molar-refractivity contribution in [3.05, 3.63) is 58.8 Å². The van der Waals surface area contributed by atoms with E-state index in [1.54, 1.807) is 6.07 Å². The van der Waals surface area contributed by atoms with Gasteiger partial charge < -0.3 is 20.2 Å². The fourth-order valence-corrected chi connectivity index (χ4v) is 4.48. The van der Waals surface area contributed by atoms with Gasteiger partial charge in [0.2, 0.25) is 11.8 Å². The third-order valence-corrected chi connectivity index (χ3v) is 6.35. The highest BCUT2D eigenvalue weighted by atomic mass is 35.5. The number of anilines is 1. The van der Waals surface area contributed by atoms with Crippen LogP contribution in [0.5, 0.6) is 5.75 Å². The molecule has 34 heavy (non-hydrogen) atoms. The first-order chi connectivity index (χ1) is 16.1.